The second kappa shape index (κ2) is 12.5. The van der Waals surface area contributed by atoms with Gasteiger partial charge in [0.15, 0.2) is 0 Å². The molecule has 0 aliphatic carbocycles. The maximum absolute atomic E-state index is 13.7. The minimum Gasteiger partial charge on any atom is -0.341 e. The predicted octanol–water partition coefficient (Wildman–Crippen LogP) is 6.59. The molecule has 2 atom stereocenters. The van der Waals surface area contributed by atoms with Gasteiger partial charge in [-0.15, -0.1) is 0 Å². The molecule has 1 fully saturated rings. The molecule has 0 spiro atoms. The first-order valence-electron chi connectivity index (χ1n) is 13.4. The van der Waals surface area contributed by atoms with Crippen molar-refractivity contribution in [3.63, 3.8) is 0 Å². The Kier molecular flexibility index (Phi) is 9.17. The number of benzene rings is 3. The Labute approximate surface area is 244 Å². The van der Waals surface area contributed by atoms with Crippen molar-refractivity contribution < 1.29 is 40.7 Å². The van der Waals surface area contributed by atoms with Crippen LogP contribution in [0.1, 0.15) is 51.9 Å². The molecule has 0 bridgehead atoms. The first-order valence-corrected chi connectivity index (χ1v) is 13.4. The summed E-state index contributed by atoms with van der Waals surface area (Å²) in [6.45, 7) is 1.28. The van der Waals surface area contributed by atoms with E-state index in [1.165, 1.54) is 14.0 Å². The summed E-state index contributed by atoms with van der Waals surface area (Å²) in [5.74, 6) is -2.13. The predicted molar refractivity (Wildman–Crippen MR) is 147 cm³/mol. The van der Waals surface area contributed by atoms with Crippen LogP contribution in [-0.4, -0.2) is 47.7 Å². The number of halogens is 6. The summed E-state index contributed by atoms with van der Waals surface area (Å²) in [4.78, 5) is 41.0. The number of amides is 3. The Morgan fingerprint density at radius 1 is 0.884 bits per heavy atom. The minimum atomic E-state index is -5.00. The molecule has 3 aromatic carbocycles. The quantitative estimate of drug-likeness (QED) is 0.323. The van der Waals surface area contributed by atoms with Crippen molar-refractivity contribution in [3.05, 3.63) is 101 Å². The fourth-order valence-corrected chi connectivity index (χ4v) is 5.30. The molecule has 43 heavy (non-hydrogen) atoms. The van der Waals surface area contributed by atoms with E-state index in [1.54, 1.807) is 47.4 Å². The fourth-order valence-electron chi connectivity index (χ4n) is 5.30. The molecule has 12 heteroatoms. The van der Waals surface area contributed by atoms with Crippen LogP contribution in [0.4, 0.5) is 32.0 Å². The van der Waals surface area contributed by atoms with E-state index in [2.05, 4.69) is 5.32 Å². The van der Waals surface area contributed by atoms with Crippen molar-refractivity contribution in [2.75, 3.05) is 25.5 Å². The molecule has 1 saturated heterocycles. The first kappa shape index (κ1) is 31.6. The Morgan fingerprint density at radius 2 is 1.47 bits per heavy atom. The largest absolute Gasteiger partial charge is 0.416 e. The molecule has 0 radical (unpaired) electrons. The molecule has 0 saturated carbocycles. The number of rotatable bonds is 6. The fraction of sp³-hybridized carbons (Fsp3) is 0.323. The van der Waals surface area contributed by atoms with Crippen LogP contribution in [0, 0.1) is 5.92 Å². The Bertz CT molecular complexity index is 1440. The normalized spacial score (nSPS) is 17.3. The van der Waals surface area contributed by atoms with E-state index in [0.29, 0.717) is 23.4 Å². The number of alkyl halides is 6. The van der Waals surface area contributed by atoms with Crippen molar-refractivity contribution in [2.45, 2.75) is 38.2 Å². The molecular formula is C31H29F6N3O3. The molecule has 1 aliphatic rings. The molecule has 6 nitrogen and oxygen atoms in total. The number of carbonyl (C=O) groups is 3. The van der Waals surface area contributed by atoms with Crippen molar-refractivity contribution in [1.29, 1.82) is 0 Å². The molecule has 1 N–H and O–H groups in total. The summed E-state index contributed by atoms with van der Waals surface area (Å²) in [6.07, 6.45) is -9.77. The zero-order chi connectivity index (χ0) is 31.5. The van der Waals surface area contributed by atoms with Gasteiger partial charge in [-0.1, -0.05) is 30.3 Å². The highest BCUT2D eigenvalue weighted by atomic mass is 19.4. The molecule has 1 aliphatic heterocycles. The van der Waals surface area contributed by atoms with E-state index in [1.807, 2.05) is 12.1 Å². The summed E-state index contributed by atoms with van der Waals surface area (Å²) in [6, 6.07) is 16.6. The van der Waals surface area contributed by atoms with Crippen molar-refractivity contribution in [3.8, 4) is 0 Å². The van der Waals surface area contributed by atoms with Crippen LogP contribution in [0.2, 0.25) is 0 Å². The van der Waals surface area contributed by atoms with Crippen LogP contribution in [0.15, 0.2) is 72.8 Å². The second-order valence-corrected chi connectivity index (χ2v) is 10.5. The molecule has 2 unspecified atom stereocenters. The number of likely N-dealkylation sites (tertiary alicyclic amines) is 1. The van der Waals surface area contributed by atoms with Crippen molar-refractivity contribution >= 4 is 23.4 Å². The number of piperidine rings is 1. The van der Waals surface area contributed by atoms with Crippen LogP contribution in [0.3, 0.4) is 0 Å². The van der Waals surface area contributed by atoms with E-state index in [9.17, 15) is 40.7 Å². The van der Waals surface area contributed by atoms with E-state index in [0.717, 1.165) is 10.5 Å². The standard InChI is InChI=1S/C31H29F6N3O3/c1-19(41)38-25-10-8-22(9-11-25)28(42)40-13-12-26(27(18-40)21-6-4-3-5-7-21)29(43)39(2)17-20-14-23(30(32,33)34)16-24(15-20)31(35,36)37/h3-11,14-16,26-27H,12-13,17-18H2,1-2H3,(H,38,41). The minimum absolute atomic E-state index is 0.0524. The van der Waals surface area contributed by atoms with Crippen LogP contribution in [-0.2, 0) is 28.5 Å². The maximum Gasteiger partial charge on any atom is 0.416 e. The summed E-state index contributed by atoms with van der Waals surface area (Å²) in [7, 11) is 1.34. The first-order chi connectivity index (χ1) is 20.1. The lowest BCUT2D eigenvalue weighted by atomic mass is 9.79. The van der Waals surface area contributed by atoms with Gasteiger partial charge < -0.3 is 15.1 Å². The monoisotopic (exact) mass is 605 g/mol. The number of nitrogens with one attached hydrogen (secondary N) is 1. The highest BCUT2D eigenvalue weighted by molar-refractivity contribution is 5.96. The number of carbonyl (C=O) groups excluding carboxylic acids is 3. The van der Waals surface area contributed by atoms with Crippen LogP contribution in [0.5, 0.6) is 0 Å². The average Bonchev–Trinajstić information content (AvgIpc) is 2.95. The van der Waals surface area contributed by atoms with Crippen molar-refractivity contribution in [1.82, 2.24) is 9.80 Å². The Morgan fingerprint density at radius 3 is 2.00 bits per heavy atom. The molecule has 1 heterocycles. The highest BCUT2D eigenvalue weighted by Crippen LogP contribution is 2.38. The second-order valence-electron chi connectivity index (χ2n) is 10.5. The maximum atomic E-state index is 13.7. The van der Waals surface area contributed by atoms with E-state index in [-0.39, 0.29) is 43.0 Å². The Hall–Kier alpha value is -4.35. The van der Waals surface area contributed by atoms with Gasteiger partial charge in [0.25, 0.3) is 5.91 Å². The third-order valence-electron chi connectivity index (χ3n) is 7.34. The third-order valence-corrected chi connectivity index (χ3v) is 7.34. The highest BCUT2D eigenvalue weighted by Gasteiger charge is 2.39. The molecule has 4 rings (SSSR count). The summed E-state index contributed by atoms with van der Waals surface area (Å²) >= 11 is 0. The van der Waals surface area contributed by atoms with Gasteiger partial charge in [0.2, 0.25) is 11.8 Å². The Balaban J connectivity index is 1.56. The molecular weight excluding hydrogens is 576 g/mol. The van der Waals surface area contributed by atoms with Crippen LogP contribution >= 0.6 is 0 Å². The zero-order valence-corrected chi connectivity index (χ0v) is 23.3. The number of anilines is 1. The average molecular weight is 606 g/mol. The molecule has 0 aromatic heterocycles. The van der Waals surface area contributed by atoms with Gasteiger partial charge in [-0.05, 0) is 60.0 Å². The van der Waals surface area contributed by atoms with Gasteiger partial charge in [0, 0.05) is 56.7 Å². The van der Waals surface area contributed by atoms with E-state index < -0.39 is 47.8 Å². The lowest BCUT2D eigenvalue weighted by Gasteiger charge is -2.39. The van der Waals surface area contributed by atoms with Gasteiger partial charge in [-0.25, -0.2) is 0 Å². The third kappa shape index (κ3) is 7.74. The van der Waals surface area contributed by atoms with Gasteiger partial charge in [-0.3, -0.25) is 14.4 Å². The summed E-state index contributed by atoms with van der Waals surface area (Å²) in [5, 5.41) is 2.63. The number of hydrogen-bond donors (Lipinski definition) is 1. The SMILES string of the molecule is CC(=O)Nc1ccc(C(=O)N2CCC(C(=O)N(C)Cc3cc(C(F)(F)F)cc(C(F)(F)F)c3)C(c3ccccc3)C2)cc1. The summed E-state index contributed by atoms with van der Waals surface area (Å²) in [5.41, 5.74) is -1.51. The molecule has 228 valence electrons. The zero-order valence-electron chi connectivity index (χ0n) is 23.3. The molecule has 3 amide bonds. The van der Waals surface area contributed by atoms with Gasteiger partial charge >= 0.3 is 12.4 Å². The van der Waals surface area contributed by atoms with E-state index in [4.69, 9.17) is 0 Å². The van der Waals surface area contributed by atoms with Gasteiger partial charge in [0.1, 0.15) is 0 Å². The topological polar surface area (TPSA) is 69.7 Å². The lowest BCUT2D eigenvalue weighted by molar-refractivity contribution is -0.143. The van der Waals surface area contributed by atoms with Gasteiger partial charge in [0.05, 0.1) is 11.1 Å². The summed E-state index contributed by atoms with van der Waals surface area (Å²) < 4.78 is 80.2. The molecule has 3 aromatic rings. The van der Waals surface area contributed by atoms with Crippen molar-refractivity contribution in [2.24, 2.45) is 5.92 Å². The van der Waals surface area contributed by atoms with Crippen LogP contribution < -0.4 is 5.32 Å². The van der Waals surface area contributed by atoms with E-state index >= 15 is 0 Å². The lowest BCUT2D eigenvalue weighted by Crippen LogP contribution is -2.47. The number of nitrogens with zero attached hydrogens (tertiary/aromatic N) is 2. The smallest absolute Gasteiger partial charge is 0.341 e. The van der Waals surface area contributed by atoms with Crippen LogP contribution in [0.25, 0.3) is 0 Å². The number of hydrogen-bond acceptors (Lipinski definition) is 3. The van der Waals surface area contributed by atoms with Gasteiger partial charge in [-0.2, -0.15) is 26.3 Å².